The van der Waals surface area contributed by atoms with Crippen molar-refractivity contribution in [3.63, 3.8) is 0 Å². The van der Waals surface area contributed by atoms with Crippen LogP contribution in [0.3, 0.4) is 0 Å². The van der Waals surface area contributed by atoms with Gasteiger partial charge in [0.25, 0.3) is 0 Å². The lowest BCUT2D eigenvalue weighted by Gasteiger charge is -2.20. The number of benzene rings is 1. The fourth-order valence-corrected chi connectivity index (χ4v) is 5.82. The van der Waals surface area contributed by atoms with Gasteiger partial charge in [-0.1, -0.05) is 69.6 Å². The maximum absolute atomic E-state index is 13.0. The zero-order valence-electron chi connectivity index (χ0n) is 21.0. The molecular weight excluding hydrogens is 444 g/mol. The summed E-state index contributed by atoms with van der Waals surface area (Å²) in [5, 5.41) is 9.85. The minimum Gasteiger partial charge on any atom is -0.355 e. The molecule has 180 valence electrons. The van der Waals surface area contributed by atoms with Crippen molar-refractivity contribution in [2.75, 3.05) is 5.75 Å². The first kappa shape index (κ1) is 24.5. The van der Waals surface area contributed by atoms with Gasteiger partial charge in [0.05, 0.1) is 11.4 Å². The largest absolute Gasteiger partial charge is 0.355 e. The lowest BCUT2D eigenvalue weighted by atomic mass is 9.86. The highest BCUT2D eigenvalue weighted by molar-refractivity contribution is 7.99. The van der Waals surface area contributed by atoms with E-state index in [2.05, 4.69) is 64.8 Å². The minimum atomic E-state index is -0.0323. The van der Waals surface area contributed by atoms with E-state index in [0.717, 1.165) is 40.6 Å². The van der Waals surface area contributed by atoms with Crippen molar-refractivity contribution in [1.82, 2.24) is 19.7 Å². The molecule has 2 aromatic heterocycles. The Morgan fingerprint density at radius 1 is 1.09 bits per heavy atom. The van der Waals surface area contributed by atoms with Crippen molar-refractivity contribution in [1.29, 1.82) is 0 Å². The third kappa shape index (κ3) is 4.76. The lowest BCUT2D eigenvalue weighted by Crippen LogP contribution is -2.12. The second-order valence-electron chi connectivity index (χ2n) is 10.3. The number of aromatic nitrogens is 4. The third-order valence-electron chi connectivity index (χ3n) is 6.76. The van der Waals surface area contributed by atoms with Gasteiger partial charge in [0.1, 0.15) is 0 Å². The molecule has 1 N–H and O–H groups in total. The average Bonchev–Trinajstić information content (AvgIpc) is 3.50. The smallest absolute Gasteiger partial charge is 0.192 e. The summed E-state index contributed by atoms with van der Waals surface area (Å²) in [6.07, 6.45) is 4.60. The van der Waals surface area contributed by atoms with Crippen molar-refractivity contribution >= 4 is 23.3 Å². The summed E-state index contributed by atoms with van der Waals surface area (Å²) in [5.41, 5.74) is 5.03. The number of aryl methyl sites for hydroxylation is 1. The zero-order chi connectivity index (χ0) is 24.6. The van der Waals surface area contributed by atoms with E-state index in [1.54, 1.807) is 0 Å². The second kappa shape index (κ2) is 9.53. The summed E-state index contributed by atoms with van der Waals surface area (Å²) in [6, 6.07) is 8.95. The number of nitrogens with one attached hydrogen (secondary N) is 1. The molecule has 1 aliphatic rings. The Kier molecular flexibility index (Phi) is 6.85. The molecule has 0 atom stereocenters. The fourth-order valence-electron chi connectivity index (χ4n) is 4.94. The molecular formula is C27H34N4O2S. The van der Waals surface area contributed by atoms with E-state index in [4.69, 9.17) is 0 Å². The van der Waals surface area contributed by atoms with Crippen molar-refractivity contribution in [2.24, 2.45) is 0 Å². The molecule has 0 bridgehead atoms. The van der Waals surface area contributed by atoms with Crippen LogP contribution >= 0.6 is 11.8 Å². The van der Waals surface area contributed by atoms with Crippen LogP contribution in [0, 0.1) is 13.8 Å². The van der Waals surface area contributed by atoms with Crippen LogP contribution in [0.2, 0.25) is 0 Å². The molecule has 0 amide bonds. The van der Waals surface area contributed by atoms with Gasteiger partial charge < -0.3 is 4.98 Å². The highest BCUT2D eigenvalue weighted by Crippen LogP contribution is 2.37. The molecule has 34 heavy (non-hydrogen) atoms. The minimum absolute atomic E-state index is 0.0268. The Labute approximate surface area is 205 Å². The van der Waals surface area contributed by atoms with Crippen LogP contribution in [-0.4, -0.2) is 37.1 Å². The van der Waals surface area contributed by atoms with Crippen LogP contribution in [0.5, 0.6) is 0 Å². The fraction of sp³-hybridized carbons (Fsp3) is 0.481. The van der Waals surface area contributed by atoms with Gasteiger partial charge >= 0.3 is 0 Å². The Morgan fingerprint density at radius 3 is 2.29 bits per heavy atom. The molecule has 3 aromatic rings. The molecule has 1 aromatic carbocycles. The van der Waals surface area contributed by atoms with E-state index in [9.17, 15) is 9.59 Å². The quantitative estimate of drug-likeness (QED) is 0.310. The van der Waals surface area contributed by atoms with Crippen molar-refractivity contribution in [3.05, 3.63) is 52.3 Å². The van der Waals surface area contributed by atoms with Crippen LogP contribution in [-0.2, 0) is 5.41 Å². The van der Waals surface area contributed by atoms with Gasteiger partial charge in [-0.3, -0.25) is 14.2 Å². The first-order valence-electron chi connectivity index (χ1n) is 12.0. The number of thioether (sulfide) groups is 1. The van der Waals surface area contributed by atoms with Crippen molar-refractivity contribution < 1.29 is 9.59 Å². The Morgan fingerprint density at radius 2 is 1.74 bits per heavy atom. The number of Topliss-reactive ketones (excluding diaryl/α,β-unsaturated/α-hetero) is 2. The summed E-state index contributed by atoms with van der Waals surface area (Å²) < 4.78 is 2.24. The Bertz CT molecular complexity index is 1210. The van der Waals surface area contributed by atoms with E-state index < -0.39 is 0 Å². The van der Waals surface area contributed by atoms with Gasteiger partial charge in [-0.2, -0.15) is 0 Å². The second-order valence-corrected chi connectivity index (χ2v) is 11.3. The number of carbonyl (C=O) groups is 2. The molecule has 0 aliphatic heterocycles. The van der Waals surface area contributed by atoms with Gasteiger partial charge in [-0.25, -0.2) is 0 Å². The Hall–Kier alpha value is -2.67. The summed E-state index contributed by atoms with van der Waals surface area (Å²) >= 11 is 1.43. The summed E-state index contributed by atoms with van der Waals surface area (Å²) in [7, 11) is 0. The number of aromatic amines is 1. The van der Waals surface area contributed by atoms with Crippen LogP contribution in [0.1, 0.15) is 97.1 Å². The van der Waals surface area contributed by atoms with Crippen LogP contribution in [0.25, 0.3) is 11.4 Å². The molecule has 6 nitrogen and oxygen atoms in total. The van der Waals surface area contributed by atoms with Gasteiger partial charge in [0.2, 0.25) is 0 Å². The van der Waals surface area contributed by atoms with Gasteiger partial charge in [-0.05, 0) is 50.2 Å². The molecule has 2 heterocycles. The van der Waals surface area contributed by atoms with Gasteiger partial charge in [0, 0.05) is 22.9 Å². The van der Waals surface area contributed by atoms with Crippen molar-refractivity contribution in [2.45, 2.75) is 83.8 Å². The SMILES string of the molecule is CC(=O)c1c(C)[nH]c(C(=O)CSc2nnc(-c3ccc(C(C)(C)C)cc3)n2C2CCCC2)c1C. The molecule has 1 saturated carbocycles. The summed E-state index contributed by atoms with van der Waals surface area (Å²) in [5.74, 6) is 1.05. The first-order valence-corrected chi connectivity index (χ1v) is 13.0. The molecule has 1 aliphatic carbocycles. The topological polar surface area (TPSA) is 80.6 Å². The molecule has 0 saturated heterocycles. The molecule has 4 rings (SSSR count). The van der Waals surface area contributed by atoms with Gasteiger partial charge in [-0.15, -0.1) is 10.2 Å². The highest BCUT2D eigenvalue weighted by atomic mass is 32.2. The van der Waals surface area contributed by atoms with E-state index in [1.807, 2.05) is 13.8 Å². The monoisotopic (exact) mass is 478 g/mol. The molecule has 7 heteroatoms. The number of ketones is 2. The molecule has 0 unspecified atom stereocenters. The molecule has 0 spiro atoms. The van der Waals surface area contributed by atoms with Crippen LogP contribution < -0.4 is 0 Å². The molecule has 1 fully saturated rings. The summed E-state index contributed by atoms with van der Waals surface area (Å²) in [6.45, 7) is 11.8. The predicted octanol–water partition coefficient (Wildman–Crippen LogP) is 6.48. The Balaban J connectivity index is 1.61. The number of H-pyrrole nitrogens is 1. The zero-order valence-corrected chi connectivity index (χ0v) is 21.8. The van der Waals surface area contributed by atoms with Crippen molar-refractivity contribution in [3.8, 4) is 11.4 Å². The van der Waals surface area contributed by atoms with Gasteiger partial charge in [0.15, 0.2) is 22.5 Å². The number of nitrogens with zero attached hydrogens (tertiary/aromatic N) is 3. The standard InChI is InChI=1S/C27H34N4O2S/c1-16-23(18(3)32)17(2)28-24(16)22(33)15-34-26-30-29-25(31(26)21-9-7-8-10-21)19-11-13-20(14-12-19)27(4,5)6/h11-14,21,28H,7-10,15H2,1-6H3. The number of carbonyl (C=O) groups excluding carboxylic acids is 2. The maximum atomic E-state index is 13.0. The van der Waals surface area contributed by atoms with Crippen LogP contribution in [0.4, 0.5) is 0 Å². The third-order valence-corrected chi connectivity index (χ3v) is 7.71. The number of hydrogen-bond donors (Lipinski definition) is 1. The number of rotatable bonds is 7. The number of hydrogen-bond acceptors (Lipinski definition) is 5. The van der Waals surface area contributed by atoms with E-state index >= 15 is 0 Å². The predicted molar refractivity (Wildman–Crippen MR) is 137 cm³/mol. The summed E-state index contributed by atoms with van der Waals surface area (Å²) in [4.78, 5) is 28.1. The average molecular weight is 479 g/mol. The molecule has 0 radical (unpaired) electrons. The van der Waals surface area contributed by atoms with Crippen LogP contribution in [0.15, 0.2) is 29.4 Å². The van der Waals surface area contributed by atoms with E-state index in [0.29, 0.717) is 17.3 Å². The van der Waals surface area contributed by atoms with E-state index in [1.165, 1.54) is 37.1 Å². The lowest BCUT2D eigenvalue weighted by molar-refractivity contribution is 0.101. The highest BCUT2D eigenvalue weighted by Gasteiger charge is 2.27. The first-order chi connectivity index (χ1) is 16.1. The maximum Gasteiger partial charge on any atom is 0.192 e. The van der Waals surface area contributed by atoms with E-state index in [-0.39, 0.29) is 22.7 Å². The normalized spacial score (nSPS) is 14.6.